The molecule has 0 aromatic carbocycles. The van der Waals surface area contributed by atoms with Crippen molar-refractivity contribution in [1.82, 2.24) is 24.4 Å². The van der Waals surface area contributed by atoms with E-state index < -0.39 is 17.3 Å². The van der Waals surface area contributed by atoms with Crippen molar-refractivity contribution in [3.63, 3.8) is 0 Å². The molecule has 1 aliphatic heterocycles. The zero-order valence-corrected chi connectivity index (χ0v) is 19.0. The van der Waals surface area contributed by atoms with Crippen LogP contribution in [0.2, 0.25) is 0 Å². The fourth-order valence-electron chi connectivity index (χ4n) is 4.23. The third-order valence-corrected chi connectivity index (χ3v) is 6.09. The first kappa shape index (κ1) is 23.0. The lowest BCUT2D eigenvalue weighted by Crippen LogP contribution is -2.40. The largest absolute Gasteiger partial charge is 0.494 e. The summed E-state index contributed by atoms with van der Waals surface area (Å²) in [4.78, 5) is 40.1. The number of rotatable bonds is 7. The molecule has 1 atom stereocenters. The minimum absolute atomic E-state index is 0.0351. The highest BCUT2D eigenvalue weighted by Crippen LogP contribution is 2.25. The maximum atomic E-state index is 13.0. The molecule has 0 radical (unpaired) electrons. The van der Waals surface area contributed by atoms with Gasteiger partial charge in [0.05, 0.1) is 6.20 Å². The number of fused-ring (bicyclic) bond motifs is 1. The number of carbonyl (C=O) groups is 2. The topological polar surface area (TPSA) is 129 Å². The predicted molar refractivity (Wildman–Crippen MR) is 122 cm³/mol. The van der Waals surface area contributed by atoms with Gasteiger partial charge < -0.3 is 20.4 Å². The van der Waals surface area contributed by atoms with E-state index in [0.717, 1.165) is 30.2 Å². The highest BCUT2D eigenvalue weighted by atomic mass is 16.3. The molecule has 2 fully saturated rings. The minimum atomic E-state index is -0.701. The zero-order chi connectivity index (χ0) is 23.7. The number of amides is 2. The van der Waals surface area contributed by atoms with Gasteiger partial charge in [-0.25, -0.2) is 0 Å². The lowest BCUT2D eigenvalue weighted by atomic mass is 9.99. The van der Waals surface area contributed by atoms with Crippen LogP contribution in [-0.2, 0) is 11.3 Å². The van der Waals surface area contributed by atoms with Gasteiger partial charge in [-0.3, -0.25) is 19.0 Å². The molecule has 2 aromatic heterocycles. The molecule has 3 N–H and O–H groups in total. The molecule has 33 heavy (non-hydrogen) atoms. The maximum absolute atomic E-state index is 13.0. The monoisotopic (exact) mass is 457 g/mol. The van der Waals surface area contributed by atoms with Crippen LogP contribution in [0, 0.1) is 11.8 Å². The normalized spacial score (nSPS) is 19.0. The molecule has 10 nitrogen and oxygen atoms in total. The van der Waals surface area contributed by atoms with Crippen LogP contribution < -0.4 is 10.9 Å². The Balaban J connectivity index is 1.71. The third-order valence-electron chi connectivity index (χ3n) is 6.09. The van der Waals surface area contributed by atoms with Crippen molar-refractivity contribution in [1.29, 1.82) is 0 Å². The first-order valence-corrected chi connectivity index (χ1v) is 11.5. The number of hydrogen-bond acceptors (Lipinski definition) is 6. The lowest BCUT2D eigenvalue weighted by Gasteiger charge is -2.31. The summed E-state index contributed by atoms with van der Waals surface area (Å²) in [6.07, 6.45) is 7.90. The van der Waals surface area contributed by atoms with Crippen molar-refractivity contribution < 1.29 is 19.8 Å². The second-order valence-electron chi connectivity index (χ2n) is 9.40. The Hall–Kier alpha value is -3.14. The van der Waals surface area contributed by atoms with E-state index in [2.05, 4.69) is 10.4 Å². The van der Waals surface area contributed by atoms with Gasteiger partial charge in [-0.15, -0.1) is 0 Å². The van der Waals surface area contributed by atoms with Crippen LogP contribution in [0.3, 0.4) is 0 Å². The smallest absolute Gasteiger partial charge is 0.291 e. The van der Waals surface area contributed by atoms with Gasteiger partial charge in [0, 0.05) is 43.9 Å². The van der Waals surface area contributed by atoms with E-state index in [1.54, 1.807) is 11.0 Å². The molecular weight excluding hydrogens is 426 g/mol. The summed E-state index contributed by atoms with van der Waals surface area (Å²) in [5.74, 6) is -0.997. The van der Waals surface area contributed by atoms with Crippen LogP contribution >= 0.6 is 0 Å². The number of hydrogen-bond donors (Lipinski definition) is 3. The molecule has 1 saturated heterocycles. The fourth-order valence-corrected chi connectivity index (χ4v) is 4.23. The number of piperidine rings is 1. The van der Waals surface area contributed by atoms with Gasteiger partial charge in [0.15, 0.2) is 5.56 Å². The first-order chi connectivity index (χ1) is 15.8. The summed E-state index contributed by atoms with van der Waals surface area (Å²) in [6.45, 7) is 5.46. The van der Waals surface area contributed by atoms with Crippen molar-refractivity contribution in [3.8, 4) is 5.88 Å². The standard InChI is InChI=1S/C23H31N5O5/c1-14(2)11-27-21-16(5-8-18(30)26-9-3-4-15(12-26)13-29)10-24-28(21)23(33)19(22(27)32)20(31)25-17-6-7-17/h5,8,10,14-15,17,29,32H,3-4,6-7,9,11-13H2,1-2H3,(H,25,31)/b8-5+. The SMILES string of the molecule is CC(C)Cn1c(O)c(C(=O)NC2CC2)c(=O)n2ncc(/C=C/C(=O)N3CCCC(CO)C3)c12. The van der Waals surface area contributed by atoms with Crippen LogP contribution in [0.15, 0.2) is 17.1 Å². The van der Waals surface area contributed by atoms with E-state index in [9.17, 15) is 24.6 Å². The first-order valence-electron chi connectivity index (χ1n) is 11.5. The van der Waals surface area contributed by atoms with Crippen LogP contribution in [0.4, 0.5) is 0 Å². The Labute approximate surface area is 191 Å². The van der Waals surface area contributed by atoms with Gasteiger partial charge in [0.25, 0.3) is 11.5 Å². The van der Waals surface area contributed by atoms with Gasteiger partial charge >= 0.3 is 0 Å². The van der Waals surface area contributed by atoms with E-state index in [1.807, 2.05) is 13.8 Å². The zero-order valence-electron chi connectivity index (χ0n) is 19.0. The van der Waals surface area contributed by atoms with Crippen LogP contribution in [-0.4, -0.2) is 66.8 Å². The minimum Gasteiger partial charge on any atom is -0.494 e. The Morgan fingerprint density at radius 2 is 2.06 bits per heavy atom. The molecule has 0 spiro atoms. The number of nitrogens with zero attached hydrogens (tertiary/aromatic N) is 4. The van der Waals surface area contributed by atoms with E-state index in [1.165, 1.54) is 16.8 Å². The highest BCUT2D eigenvalue weighted by molar-refractivity contribution is 5.97. The quantitative estimate of drug-likeness (QED) is 0.532. The van der Waals surface area contributed by atoms with Gasteiger partial charge in [0.2, 0.25) is 11.8 Å². The Morgan fingerprint density at radius 3 is 2.73 bits per heavy atom. The van der Waals surface area contributed by atoms with E-state index in [4.69, 9.17) is 0 Å². The average molecular weight is 458 g/mol. The Bertz CT molecular complexity index is 1140. The number of likely N-dealkylation sites (tertiary alicyclic amines) is 1. The van der Waals surface area contributed by atoms with Crippen LogP contribution in [0.25, 0.3) is 11.7 Å². The van der Waals surface area contributed by atoms with Crippen molar-refractivity contribution in [3.05, 3.63) is 33.8 Å². The molecule has 2 amide bonds. The van der Waals surface area contributed by atoms with Gasteiger partial charge in [-0.05, 0) is 43.6 Å². The third kappa shape index (κ3) is 4.80. The summed E-state index contributed by atoms with van der Waals surface area (Å²) in [7, 11) is 0. The van der Waals surface area contributed by atoms with Crippen molar-refractivity contribution >= 4 is 23.5 Å². The molecule has 1 saturated carbocycles. The molecular formula is C23H31N5O5. The number of aliphatic hydroxyl groups is 1. The number of aliphatic hydroxyl groups excluding tert-OH is 1. The second kappa shape index (κ2) is 9.38. The summed E-state index contributed by atoms with van der Waals surface area (Å²) < 4.78 is 2.62. The number of carbonyl (C=O) groups excluding carboxylic acids is 2. The number of aromatic hydroxyl groups is 1. The molecule has 4 rings (SSSR count). The van der Waals surface area contributed by atoms with Crippen LogP contribution in [0.1, 0.15) is 55.5 Å². The van der Waals surface area contributed by atoms with Gasteiger partial charge in [0.1, 0.15) is 5.65 Å². The molecule has 1 unspecified atom stereocenters. The fraction of sp³-hybridized carbons (Fsp3) is 0.565. The molecule has 0 bridgehead atoms. The average Bonchev–Trinajstić information content (AvgIpc) is 3.50. The summed E-state index contributed by atoms with van der Waals surface area (Å²) >= 11 is 0. The van der Waals surface area contributed by atoms with Gasteiger partial charge in [-0.1, -0.05) is 13.8 Å². The van der Waals surface area contributed by atoms with E-state index >= 15 is 0 Å². The van der Waals surface area contributed by atoms with Crippen molar-refractivity contribution in [2.24, 2.45) is 11.8 Å². The molecule has 2 aliphatic rings. The summed E-state index contributed by atoms with van der Waals surface area (Å²) in [6, 6.07) is 0.0351. The van der Waals surface area contributed by atoms with Crippen molar-refractivity contribution in [2.75, 3.05) is 19.7 Å². The molecule has 178 valence electrons. The lowest BCUT2D eigenvalue weighted by molar-refractivity contribution is -0.127. The molecule has 10 heteroatoms. The van der Waals surface area contributed by atoms with Gasteiger partial charge in [-0.2, -0.15) is 9.61 Å². The summed E-state index contributed by atoms with van der Waals surface area (Å²) in [5.41, 5.74) is -0.215. The Morgan fingerprint density at radius 1 is 1.30 bits per heavy atom. The highest BCUT2D eigenvalue weighted by Gasteiger charge is 2.30. The number of aromatic nitrogens is 3. The maximum Gasteiger partial charge on any atom is 0.291 e. The second-order valence-corrected chi connectivity index (χ2v) is 9.40. The summed E-state index contributed by atoms with van der Waals surface area (Å²) in [5, 5.41) is 27.3. The Kier molecular flexibility index (Phi) is 6.55. The molecule has 3 heterocycles. The predicted octanol–water partition coefficient (Wildman–Crippen LogP) is 0.994. The molecule has 1 aliphatic carbocycles. The van der Waals surface area contributed by atoms with E-state index in [-0.39, 0.29) is 36.0 Å². The molecule has 2 aromatic rings. The van der Waals surface area contributed by atoms with Crippen LogP contribution in [0.5, 0.6) is 5.88 Å². The van der Waals surface area contributed by atoms with E-state index in [0.29, 0.717) is 30.8 Å². The number of nitrogens with one attached hydrogen (secondary N) is 1. The van der Waals surface area contributed by atoms with Crippen molar-refractivity contribution in [2.45, 2.75) is 52.1 Å².